The lowest BCUT2D eigenvalue weighted by Crippen LogP contribution is -2.20. The van der Waals surface area contributed by atoms with Gasteiger partial charge in [-0.25, -0.2) is 0 Å². The highest BCUT2D eigenvalue weighted by molar-refractivity contribution is 7.89. The van der Waals surface area contributed by atoms with Crippen molar-refractivity contribution >= 4 is 15.7 Å². The number of benzene rings is 2. The Kier molecular flexibility index (Phi) is 6.26. The molecule has 26 heavy (non-hydrogen) atoms. The molecule has 0 saturated carbocycles. The highest BCUT2D eigenvalue weighted by Gasteiger charge is 2.14. The van der Waals surface area contributed by atoms with Gasteiger partial charge in [0.25, 0.3) is 10.0 Å². The van der Waals surface area contributed by atoms with E-state index in [2.05, 4.69) is 23.8 Å². The molecule has 2 aromatic carbocycles. The molecule has 0 bridgehead atoms. The number of nitrogens with zero attached hydrogens (tertiary/aromatic N) is 1. The lowest BCUT2D eigenvalue weighted by Gasteiger charge is -2.10. The van der Waals surface area contributed by atoms with Crippen molar-refractivity contribution < 1.29 is 18.3 Å². The molecule has 0 radical (unpaired) electrons. The molecule has 0 aliphatic rings. The van der Waals surface area contributed by atoms with E-state index in [1.807, 2.05) is 12.1 Å². The number of aromatic hydroxyl groups is 1. The quantitative estimate of drug-likeness (QED) is 0.571. The summed E-state index contributed by atoms with van der Waals surface area (Å²) >= 11 is 0. The summed E-state index contributed by atoms with van der Waals surface area (Å²) in [5, 5.41) is 13.6. The molecule has 1 atom stereocenters. The van der Waals surface area contributed by atoms with Crippen LogP contribution in [-0.2, 0) is 10.0 Å². The fourth-order valence-electron chi connectivity index (χ4n) is 2.36. The van der Waals surface area contributed by atoms with Gasteiger partial charge >= 0.3 is 0 Å². The van der Waals surface area contributed by atoms with Crippen molar-refractivity contribution in [1.29, 1.82) is 0 Å². The second-order valence-electron chi connectivity index (χ2n) is 6.06. The predicted molar refractivity (Wildman–Crippen MR) is 102 cm³/mol. The standard InChI is InChI=1S/C19H24N2O4S/c1-5-13(2)15-6-9-17(10-7-15)26(23,24)21-20-14(3)16-8-11-18(22)19(12-16)25-4/h6-13,21-22H,5H2,1-4H3/b20-14-/t13-/m0/s1. The average molecular weight is 376 g/mol. The van der Waals surface area contributed by atoms with Crippen molar-refractivity contribution in [2.24, 2.45) is 5.10 Å². The highest BCUT2D eigenvalue weighted by Crippen LogP contribution is 2.26. The molecule has 0 saturated heterocycles. The zero-order valence-corrected chi connectivity index (χ0v) is 16.2. The second kappa shape index (κ2) is 8.23. The molecule has 0 fully saturated rings. The molecular formula is C19H24N2O4S. The number of phenolic OH excluding ortho intramolecular Hbond substituents is 1. The smallest absolute Gasteiger partial charge is 0.276 e. The average Bonchev–Trinajstić information content (AvgIpc) is 2.66. The third-order valence-electron chi connectivity index (χ3n) is 4.30. The van der Waals surface area contributed by atoms with Crippen LogP contribution in [0.4, 0.5) is 0 Å². The Morgan fingerprint density at radius 3 is 2.46 bits per heavy atom. The van der Waals surface area contributed by atoms with E-state index in [0.717, 1.165) is 12.0 Å². The number of rotatable bonds is 7. The maximum atomic E-state index is 12.4. The van der Waals surface area contributed by atoms with E-state index in [-0.39, 0.29) is 10.6 Å². The van der Waals surface area contributed by atoms with Crippen LogP contribution < -0.4 is 9.57 Å². The maximum absolute atomic E-state index is 12.4. The molecular weight excluding hydrogens is 352 g/mol. The zero-order valence-electron chi connectivity index (χ0n) is 15.4. The van der Waals surface area contributed by atoms with Crippen LogP contribution in [0.15, 0.2) is 52.5 Å². The summed E-state index contributed by atoms with van der Waals surface area (Å²) in [4.78, 5) is 2.40. The summed E-state index contributed by atoms with van der Waals surface area (Å²) in [6, 6.07) is 11.5. The summed E-state index contributed by atoms with van der Waals surface area (Å²) in [7, 11) is -2.31. The topological polar surface area (TPSA) is 88.0 Å². The highest BCUT2D eigenvalue weighted by atomic mass is 32.2. The number of phenols is 1. The number of hydrogen-bond donors (Lipinski definition) is 2. The van der Waals surface area contributed by atoms with Crippen LogP contribution in [0.1, 0.15) is 44.2 Å². The molecule has 0 unspecified atom stereocenters. The van der Waals surface area contributed by atoms with Gasteiger partial charge in [-0.3, -0.25) is 0 Å². The first-order valence-electron chi connectivity index (χ1n) is 8.32. The van der Waals surface area contributed by atoms with Crippen LogP contribution >= 0.6 is 0 Å². The van der Waals surface area contributed by atoms with Crippen molar-refractivity contribution in [1.82, 2.24) is 4.83 Å². The Morgan fingerprint density at radius 2 is 1.88 bits per heavy atom. The third-order valence-corrected chi connectivity index (χ3v) is 5.53. The van der Waals surface area contributed by atoms with Gasteiger partial charge in [-0.2, -0.15) is 18.4 Å². The van der Waals surface area contributed by atoms with Crippen molar-refractivity contribution in [2.45, 2.75) is 38.0 Å². The predicted octanol–water partition coefficient (Wildman–Crippen LogP) is 3.62. The van der Waals surface area contributed by atoms with Crippen LogP contribution in [0.3, 0.4) is 0 Å². The minimum atomic E-state index is -3.75. The van der Waals surface area contributed by atoms with E-state index >= 15 is 0 Å². The first-order chi connectivity index (χ1) is 12.3. The monoisotopic (exact) mass is 376 g/mol. The summed E-state index contributed by atoms with van der Waals surface area (Å²) in [5.41, 5.74) is 2.18. The Balaban J connectivity index is 2.19. The van der Waals surface area contributed by atoms with Gasteiger partial charge in [-0.05, 0) is 55.2 Å². The van der Waals surface area contributed by atoms with E-state index in [0.29, 0.717) is 22.9 Å². The minimum Gasteiger partial charge on any atom is -0.504 e. The molecule has 0 amide bonds. The van der Waals surface area contributed by atoms with E-state index in [4.69, 9.17) is 4.74 Å². The minimum absolute atomic E-state index is 0.00558. The molecule has 2 rings (SSSR count). The van der Waals surface area contributed by atoms with Crippen molar-refractivity contribution in [3.05, 3.63) is 53.6 Å². The van der Waals surface area contributed by atoms with Crippen molar-refractivity contribution in [3.63, 3.8) is 0 Å². The SMILES string of the molecule is CC[C@H](C)c1ccc(S(=O)(=O)N/N=C(/C)c2ccc(O)c(OC)c2)cc1. The molecule has 0 aromatic heterocycles. The summed E-state index contributed by atoms with van der Waals surface area (Å²) in [6.45, 7) is 5.86. The molecule has 7 heteroatoms. The Hall–Kier alpha value is -2.54. The number of hydrazone groups is 1. The van der Waals surface area contributed by atoms with E-state index in [1.54, 1.807) is 31.2 Å². The van der Waals surface area contributed by atoms with Crippen LogP contribution in [0.25, 0.3) is 0 Å². The summed E-state index contributed by atoms with van der Waals surface area (Å²) in [5.74, 6) is 0.677. The van der Waals surface area contributed by atoms with Gasteiger partial charge in [-0.15, -0.1) is 0 Å². The lowest BCUT2D eigenvalue weighted by atomic mass is 9.99. The molecule has 0 spiro atoms. The van der Waals surface area contributed by atoms with Gasteiger partial charge in [-0.1, -0.05) is 26.0 Å². The second-order valence-corrected chi connectivity index (χ2v) is 7.72. The van der Waals surface area contributed by atoms with Crippen molar-refractivity contribution in [3.8, 4) is 11.5 Å². The summed E-state index contributed by atoms with van der Waals surface area (Å²) < 4.78 is 29.9. The molecule has 6 nitrogen and oxygen atoms in total. The largest absolute Gasteiger partial charge is 0.504 e. The molecule has 0 heterocycles. The van der Waals surface area contributed by atoms with Crippen molar-refractivity contribution in [2.75, 3.05) is 7.11 Å². The van der Waals surface area contributed by atoms with Crippen LogP contribution in [-0.4, -0.2) is 26.3 Å². The van der Waals surface area contributed by atoms with Gasteiger partial charge < -0.3 is 9.84 Å². The lowest BCUT2D eigenvalue weighted by molar-refractivity contribution is 0.373. The van der Waals surface area contributed by atoms with Gasteiger partial charge in [0, 0.05) is 5.56 Å². The van der Waals surface area contributed by atoms with Crippen LogP contribution in [0.2, 0.25) is 0 Å². The number of methoxy groups -OCH3 is 1. The Morgan fingerprint density at radius 1 is 1.23 bits per heavy atom. The first kappa shape index (κ1) is 19.8. The number of nitrogens with one attached hydrogen (secondary N) is 1. The van der Waals surface area contributed by atoms with Gasteiger partial charge in [0.15, 0.2) is 11.5 Å². The Bertz CT molecular complexity index is 890. The number of hydrogen-bond acceptors (Lipinski definition) is 5. The molecule has 0 aliphatic carbocycles. The van der Waals surface area contributed by atoms with Crippen LogP contribution in [0.5, 0.6) is 11.5 Å². The van der Waals surface area contributed by atoms with E-state index in [1.165, 1.54) is 13.2 Å². The first-order valence-corrected chi connectivity index (χ1v) is 9.80. The molecule has 2 aromatic rings. The maximum Gasteiger partial charge on any atom is 0.276 e. The fraction of sp³-hybridized carbons (Fsp3) is 0.316. The normalized spacial score (nSPS) is 13.3. The van der Waals surface area contributed by atoms with E-state index in [9.17, 15) is 13.5 Å². The van der Waals surface area contributed by atoms with Gasteiger partial charge in [0.1, 0.15) is 0 Å². The number of sulfonamides is 1. The third kappa shape index (κ3) is 4.54. The molecule has 2 N–H and O–H groups in total. The fourth-order valence-corrected chi connectivity index (χ4v) is 3.22. The number of ether oxygens (including phenoxy) is 1. The zero-order chi connectivity index (χ0) is 19.3. The van der Waals surface area contributed by atoms with E-state index < -0.39 is 10.0 Å². The van der Waals surface area contributed by atoms with Gasteiger partial charge in [0.05, 0.1) is 17.7 Å². The molecule has 140 valence electrons. The Labute approximate surface area is 154 Å². The van der Waals surface area contributed by atoms with Gasteiger partial charge in [0.2, 0.25) is 0 Å². The summed E-state index contributed by atoms with van der Waals surface area (Å²) in [6.07, 6.45) is 0.990. The van der Waals surface area contributed by atoms with Crippen LogP contribution in [0, 0.1) is 0 Å². The molecule has 0 aliphatic heterocycles.